The Balaban J connectivity index is 1.57. The summed E-state index contributed by atoms with van der Waals surface area (Å²) in [6.07, 6.45) is 6.29. The highest BCUT2D eigenvalue weighted by molar-refractivity contribution is 5.39. The predicted octanol–water partition coefficient (Wildman–Crippen LogP) is 3.05. The molecule has 104 valence electrons. The molecule has 1 fully saturated rings. The standard InChI is InChI=1S/C16H23NO2/c1-17-16-4-2-3-13-9-14(7-8-15(13)16)19-11-18-10-12-5-6-12/h7-9,12,16-17H,2-6,10-11H2,1H3. The van der Waals surface area contributed by atoms with Gasteiger partial charge in [-0.2, -0.15) is 0 Å². The Bertz CT molecular complexity index is 429. The largest absolute Gasteiger partial charge is 0.468 e. The zero-order valence-electron chi connectivity index (χ0n) is 11.7. The molecule has 3 nitrogen and oxygen atoms in total. The number of ether oxygens (including phenoxy) is 2. The van der Waals surface area contributed by atoms with Gasteiger partial charge in [-0.25, -0.2) is 0 Å². The van der Waals surface area contributed by atoms with Gasteiger partial charge in [0.25, 0.3) is 0 Å². The molecule has 0 bridgehead atoms. The monoisotopic (exact) mass is 261 g/mol. The van der Waals surface area contributed by atoms with Crippen LogP contribution in [-0.4, -0.2) is 20.4 Å². The number of fused-ring (bicyclic) bond motifs is 1. The molecular formula is C16H23NO2. The molecule has 2 aliphatic carbocycles. The van der Waals surface area contributed by atoms with E-state index in [1.165, 1.54) is 36.8 Å². The molecule has 0 aliphatic heterocycles. The second-order valence-corrected chi connectivity index (χ2v) is 5.67. The lowest BCUT2D eigenvalue weighted by atomic mass is 9.87. The number of hydrogen-bond donors (Lipinski definition) is 1. The van der Waals surface area contributed by atoms with Gasteiger partial charge in [-0.3, -0.25) is 0 Å². The Hall–Kier alpha value is -1.06. The summed E-state index contributed by atoms with van der Waals surface area (Å²) in [4.78, 5) is 0. The number of rotatable bonds is 6. The lowest BCUT2D eigenvalue weighted by molar-refractivity contribution is 0.00992. The minimum atomic E-state index is 0.380. The zero-order chi connectivity index (χ0) is 13.1. The van der Waals surface area contributed by atoms with Crippen LogP contribution in [0.1, 0.15) is 42.9 Å². The Kier molecular flexibility index (Phi) is 4.04. The fourth-order valence-corrected chi connectivity index (χ4v) is 2.79. The fourth-order valence-electron chi connectivity index (χ4n) is 2.79. The van der Waals surface area contributed by atoms with E-state index >= 15 is 0 Å². The first-order valence-electron chi connectivity index (χ1n) is 7.37. The van der Waals surface area contributed by atoms with Gasteiger partial charge in [0.2, 0.25) is 0 Å². The second kappa shape index (κ2) is 5.93. The molecule has 3 rings (SSSR count). The Labute approximate surface area is 115 Å². The molecular weight excluding hydrogens is 238 g/mol. The Morgan fingerprint density at radius 3 is 2.95 bits per heavy atom. The van der Waals surface area contributed by atoms with E-state index in [0.29, 0.717) is 12.8 Å². The van der Waals surface area contributed by atoms with Crippen molar-refractivity contribution in [2.45, 2.75) is 38.1 Å². The normalized spacial score (nSPS) is 22.1. The molecule has 3 heteroatoms. The van der Waals surface area contributed by atoms with Crippen molar-refractivity contribution in [1.82, 2.24) is 5.32 Å². The highest BCUT2D eigenvalue weighted by Gasteiger charge is 2.21. The smallest absolute Gasteiger partial charge is 0.189 e. The fraction of sp³-hybridized carbons (Fsp3) is 0.625. The lowest BCUT2D eigenvalue weighted by Gasteiger charge is -2.25. The topological polar surface area (TPSA) is 30.5 Å². The van der Waals surface area contributed by atoms with E-state index in [4.69, 9.17) is 9.47 Å². The summed E-state index contributed by atoms with van der Waals surface area (Å²) in [6.45, 7) is 1.23. The van der Waals surface area contributed by atoms with Crippen LogP contribution in [0.3, 0.4) is 0 Å². The maximum atomic E-state index is 5.68. The van der Waals surface area contributed by atoms with Crippen molar-refractivity contribution in [2.75, 3.05) is 20.4 Å². The molecule has 1 N–H and O–H groups in total. The van der Waals surface area contributed by atoms with E-state index in [9.17, 15) is 0 Å². The molecule has 1 unspecified atom stereocenters. The lowest BCUT2D eigenvalue weighted by Crippen LogP contribution is -2.21. The summed E-state index contributed by atoms with van der Waals surface area (Å²) in [6, 6.07) is 6.95. The molecule has 2 aliphatic rings. The molecule has 0 spiro atoms. The Morgan fingerprint density at radius 1 is 1.26 bits per heavy atom. The van der Waals surface area contributed by atoms with Crippen LogP contribution in [0.15, 0.2) is 18.2 Å². The zero-order valence-corrected chi connectivity index (χ0v) is 11.7. The molecule has 1 atom stereocenters. The van der Waals surface area contributed by atoms with Gasteiger partial charge in [-0.05, 0) is 68.3 Å². The first kappa shape index (κ1) is 12.9. The van der Waals surface area contributed by atoms with Gasteiger partial charge in [0.15, 0.2) is 6.79 Å². The third-order valence-corrected chi connectivity index (χ3v) is 4.14. The van der Waals surface area contributed by atoms with Gasteiger partial charge in [0.1, 0.15) is 5.75 Å². The van der Waals surface area contributed by atoms with Gasteiger partial charge in [-0.1, -0.05) is 6.07 Å². The van der Waals surface area contributed by atoms with Crippen molar-refractivity contribution in [1.29, 1.82) is 0 Å². The SMILES string of the molecule is CNC1CCCc2cc(OCOCC3CC3)ccc21. The van der Waals surface area contributed by atoms with E-state index in [2.05, 4.69) is 23.5 Å². The van der Waals surface area contributed by atoms with Gasteiger partial charge in [0.05, 0.1) is 6.61 Å². The minimum Gasteiger partial charge on any atom is -0.468 e. The molecule has 1 aromatic carbocycles. The van der Waals surface area contributed by atoms with Gasteiger partial charge in [-0.15, -0.1) is 0 Å². The first-order valence-corrected chi connectivity index (χ1v) is 7.37. The van der Waals surface area contributed by atoms with Crippen molar-refractivity contribution < 1.29 is 9.47 Å². The van der Waals surface area contributed by atoms with Crippen LogP contribution < -0.4 is 10.1 Å². The van der Waals surface area contributed by atoms with E-state index in [0.717, 1.165) is 24.7 Å². The average molecular weight is 261 g/mol. The molecule has 0 aromatic heterocycles. The highest BCUT2D eigenvalue weighted by atomic mass is 16.7. The second-order valence-electron chi connectivity index (χ2n) is 5.67. The average Bonchev–Trinajstić information content (AvgIpc) is 3.27. The van der Waals surface area contributed by atoms with Crippen LogP contribution in [0.5, 0.6) is 5.75 Å². The molecule has 0 radical (unpaired) electrons. The van der Waals surface area contributed by atoms with Crippen molar-refractivity contribution in [3.8, 4) is 5.75 Å². The number of benzene rings is 1. The summed E-state index contributed by atoms with van der Waals surface area (Å²) in [5, 5.41) is 3.39. The van der Waals surface area contributed by atoms with Gasteiger partial charge < -0.3 is 14.8 Å². The molecule has 0 amide bonds. The van der Waals surface area contributed by atoms with Gasteiger partial charge in [0, 0.05) is 6.04 Å². The van der Waals surface area contributed by atoms with Crippen molar-refractivity contribution in [3.05, 3.63) is 29.3 Å². The van der Waals surface area contributed by atoms with E-state index in [-0.39, 0.29) is 0 Å². The van der Waals surface area contributed by atoms with Crippen LogP contribution in [-0.2, 0) is 11.2 Å². The molecule has 19 heavy (non-hydrogen) atoms. The molecule has 1 saturated carbocycles. The van der Waals surface area contributed by atoms with Crippen LogP contribution in [0.25, 0.3) is 0 Å². The highest BCUT2D eigenvalue weighted by Crippen LogP contribution is 2.32. The third kappa shape index (κ3) is 3.28. The Morgan fingerprint density at radius 2 is 2.16 bits per heavy atom. The predicted molar refractivity (Wildman–Crippen MR) is 75.4 cm³/mol. The van der Waals surface area contributed by atoms with Crippen molar-refractivity contribution in [2.24, 2.45) is 5.92 Å². The summed E-state index contributed by atoms with van der Waals surface area (Å²) in [5.74, 6) is 1.73. The molecule has 1 aromatic rings. The van der Waals surface area contributed by atoms with Crippen LogP contribution >= 0.6 is 0 Å². The van der Waals surface area contributed by atoms with E-state index < -0.39 is 0 Å². The quantitative estimate of drug-likeness (QED) is 0.630. The summed E-state index contributed by atoms with van der Waals surface area (Å²) >= 11 is 0. The van der Waals surface area contributed by atoms with Crippen LogP contribution in [0, 0.1) is 5.92 Å². The van der Waals surface area contributed by atoms with Crippen molar-refractivity contribution in [3.63, 3.8) is 0 Å². The van der Waals surface area contributed by atoms with E-state index in [1.807, 2.05) is 7.05 Å². The van der Waals surface area contributed by atoms with Crippen molar-refractivity contribution >= 4 is 0 Å². The van der Waals surface area contributed by atoms with Crippen LogP contribution in [0.4, 0.5) is 0 Å². The van der Waals surface area contributed by atoms with Gasteiger partial charge >= 0.3 is 0 Å². The number of aryl methyl sites for hydroxylation is 1. The van der Waals surface area contributed by atoms with Crippen LogP contribution in [0.2, 0.25) is 0 Å². The first-order chi connectivity index (χ1) is 9.36. The molecule has 0 saturated heterocycles. The maximum absolute atomic E-state index is 5.68. The molecule has 0 heterocycles. The minimum absolute atomic E-state index is 0.380. The summed E-state index contributed by atoms with van der Waals surface area (Å²) in [5.41, 5.74) is 2.85. The summed E-state index contributed by atoms with van der Waals surface area (Å²) in [7, 11) is 2.04. The summed E-state index contributed by atoms with van der Waals surface area (Å²) < 4.78 is 11.2. The third-order valence-electron chi connectivity index (χ3n) is 4.14. The number of nitrogens with one attached hydrogen (secondary N) is 1. The van der Waals surface area contributed by atoms with E-state index in [1.54, 1.807) is 0 Å². The number of hydrogen-bond acceptors (Lipinski definition) is 3. The maximum Gasteiger partial charge on any atom is 0.189 e.